The zero-order valence-electron chi connectivity index (χ0n) is 24.5. The van der Waals surface area contributed by atoms with Gasteiger partial charge in [0.15, 0.2) is 0 Å². The molecule has 3 aromatic carbocycles. The van der Waals surface area contributed by atoms with E-state index in [0.717, 1.165) is 11.1 Å². The van der Waals surface area contributed by atoms with Crippen molar-refractivity contribution in [2.75, 3.05) is 31.5 Å². The number of nitrogens with zero attached hydrogens (tertiary/aromatic N) is 3. The standard InChI is InChI=1S/C34H35N5O5/c1-24(40)35-18-16-31(41)36-29-14-8-9-15-30(29)39-19-17-28(32(39)26-12-6-3-7-13-26)33(42)38-21-20-37(34(43)44)23-27(38)22-25-10-4-2-5-11-25/h2-15,17,19,27H,16,18,20-23H2,1H3,(H,35,40)(H,36,41)(H,43,44). The Kier molecular flexibility index (Phi) is 9.39. The summed E-state index contributed by atoms with van der Waals surface area (Å²) in [6, 6.07) is 28.1. The molecule has 3 N–H and O–H groups in total. The molecular formula is C34H35N5O5. The number of anilines is 1. The minimum Gasteiger partial charge on any atom is -0.465 e. The fourth-order valence-electron chi connectivity index (χ4n) is 5.56. The van der Waals surface area contributed by atoms with Gasteiger partial charge < -0.3 is 30.1 Å². The molecule has 0 saturated carbocycles. The van der Waals surface area contributed by atoms with Crippen molar-refractivity contribution in [2.24, 2.45) is 0 Å². The second kappa shape index (κ2) is 13.7. The molecule has 0 spiro atoms. The van der Waals surface area contributed by atoms with Crippen LogP contribution in [0.4, 0.5) is 10.5 Å². The van der Waals surface area contributed by atoms with E-state index in [1.165, 1.54) is 11.8 Å². The number of hydrogen-bond donors (Lipinski definition) is 3. The van der Waals surface area contributed by atoms with Gasteiger partial charge in [-0.1, -0.05) is 72.8 Å². The van der Waals surface area contributed by atoms with Gasteiger partial charge in [-0.05, 0) is 35.7 Å². The van der Waals surface area contributed by atoms with Gasteiger partial charge in [0, 0.05) is 45.7 Å². The van der Waals surface area contributed by atoms with E-state index in [1.807, 2.05) is 89.6 Å². The highest BCUT2D eigenvalue weighted by Gasteiger charge is 2.35. The van der Waals surface area contributed by atoms with Gasteiger partial charge in [0.2, 0.25) is 11.8 Å². The Morgan fingerprint density at radius 1 is 0.864 bits per heavy atom. The van der Waals surface area contributed by atoms with Gasteiger partial charge in [-0.15, -0.1) is 0 Å². The predicted octanol–water partition coefficient (Wildman–Crippen LogP) is 4.66. The number of benzene rings is 3. The first-order chi connectivity index (χ1) is 21.3. The zero-order chi connectivity index (χ0) is 31.1. The van der Waals surface area contributed by atoms with E-state index in [1.54, 1.807) is 17.0 Å². The molecule has 10 heteroatoms. The van der Waals surface area contributed by atoms with Crippen LogP contribution in [0.1, 0.15) is 29.3 Å². The monoisotopic (exact) mass is 593 g/mol. The van der Waals surface area contributed by atoms with Crippen LogP contribution in [0.2, 0.25) is 0 Å². The van der Waals surface area contributed by atoms with Crippen molar-refractivity contribution in [3.8, 4) is 16.9 Å². The maximum absolute atomic E-state index is 14.4. The summed E-state index contributed by atoms with van der Waals surface area (Å²) in [5.41, 5.74) is 4.21. The summed E-state index contributed by atoms with van der Waals surface area (Å²) in [6.45, 7) is 2.33. The van der Waals surface area contributed by atoms with Gasteiger partial charge in [0.05, 0.1) is 28.7 Å². The molecule has 10 nitrogen and oxygen atoms in total. The van der Waals surface area contributed by atoms with Crippen LogP contribution in [-0.2, 0) is 16.0 Å². The molecule has 1 fully saturated rings. The van der Waals surface area contributed by atoms with Crippen molar-refractivity contribution in [3.63, 3.8) is 0 Å². The summed E-state index contributed by atoms with van der Waals surface area (Å²) in [6.07, 6.45) is 1.45. The minimum absolute atomic E-state index is 0.111. The predicted molar refractivity (Wildman–Crippen MR) is 168 cm³/mol. The Labute approximate surface area is 255 Å². The highest BCUT2D eigenvalue weighted by atomic mass is 16.4. The van der Waals surface area contributed by atoms with E-state index in [4.69, 9.17) is 0 Å². The van der Waals surface area contributed by atoms with Crippen LogP contribution in [0.15, 0.2) is 97.2 Å². The van der Waals surface area contributed by atoms with Gasteiger partial charge in [-0.25, -0.2) is 4.79 Å². The second-order valence-electron chi connectivity index (χ2n) is 10.7. The average Bonchev–Trinajstić information content (AvgIpc) is 3.47. The summed E-state index contributed by atoms with van der Waals surface area (Å²) in [7, 11) is 0. The Hall–Kier alpha value is -5.38. The zero-order valence-corrected chi connectivity index (χ0v) is 24.5. The lowest BCUT2D eigenvalue weighted by molar-refractivity contribution is -0.119. The Bertz CT molecular complexity index is 1640. The number of rotatable bonds is 9. The van der Waals surface area contributed by atoms with E-state index in [9.17, 15) is 24.3 Å². The number of nitrogens with one attached hydrogen (secondary N) is 2. The van der Waals surface area contributed by atoms with Gasteiger partial charge in [0.1, 0.15) is 0 Å². The molecular weight excluding hydrogens is 558 g/mol. The molecule has 4 amide bonds. The number of hydrogen-bond acceptors (Lipinski definition) is 4. The summed E-state index contributed by atoms with van der Waals surface area (Å²) in [4.78, 5) is 53.4. The summed E-state index contributed by atoms with van der Waals surface area (Å²) < 4.78 is 1.89. The van der Waals surface area contributed by atoms with Crippen molar-refractivity contribution in [1.29, 1.82) is 0 Å². The molecule has 44 heavy (non-hydrogen) atoms. The topological polar surface area (TPSA) is 124 Å². The molecule has 1 aliphatic rings. The van der Waals surface area contributed by atoms with Crippen LogP contribution in [-0.4, -0.2) is 75.5 Å². The molecule has 5 rings (SSSR count). The fourth-order valence-corrected chi connectivity index (χ4v) is 5.56. The quantitative estimate of drug-likeness (QED) is 0.261. The molecule has 1 unspecified atom stereocenters. The van der Waals surface area contributed by atoms with Crippen molar-refractivity contribution < 1.29 is 24.3 Å². The highest BCUT2D eigenvalue weighted by molar-refractivity contribution is 6.01. The van der Waals surface area contributed by atoms with Crippen molar-refractivity contribution in [3.05, 3.63) is 108 Å². The highest BCUT2D eigenvalue weighted by Crippen LogP contribution is 2.33. The minimum atomic E-state index is -0.998. The molecule has 1 aliphatic heterocycles. The molecule has 226 valence electrons. The van der Waals surface area contributed by atoms with E-state index in [0.29, 0.717) is 29.1 Å². The van der Waals surface area contributed by atoms with Gasteiger partial charge >= 0.3 is 6.09 Å². The molecule has 4 aromatic rings. The first-order valence-electron chi connectivity index (χ1n) is 14.5. The first-order valence-corrected chi connectivity index (χ1v) is 14.5. The third kappa shape index (κ3) is 6.97. The molecule has 2 heterocycles. The maximum Gasteiger partial charge on any atom is 0.407 e. The molecule has 1 aromatic heterocycles. The van der Waals surface area contributed by atoms with Gasteiger partial charge in [0.25, 0.3) is 5.91 Å². The Morgan fingerprint density at radius 3 is 2.25 bits per heavy atom. The van der Waals surface area contributed by atoms with Crippen LogP contribution in [0.25, 0.3) is 16.9 Å². The van der Waals surface area contributed by atoms with Crippen molar-refractivity contribution in [2.45, 2.75) is 25.8 Å². The maximum atomic E-state index is 14.4. The third-order valence-electron chi connectivity index (χ3n) is 7.66. The van der Waals surface area contributed by atoms with Crippen molar-refractivity contribution in [1.82, 2.24) is 19.7 Å². The van der Waals surface area contributed by atoms with E-state index < -0.39 is 6.09 Å². The third-order valence-corrected chi connectivity index (χ3v) is 7.66. The second-order valence-corrected chi connectivity index (χ2v) is 10.7. The summed E-state index contributed by atoms with van der Waals surface area (Å²) in [5, 5.41) is 15.3. The number of para-hydroxylation sites is 2. The van der Waals surface area contributed by atoms with Crippen LogP contribution >= 0.6 is 0 Å². The molecule has 0 aliphatic carbocycles. The van der Waals surface area contributed by atoms with E-state index in [-0.39, 0.29) is 56.4 Å². The van der Waals surface area contributed by atoms with Crippen molar-refractivity contribution >= 4 is 29.5 Å². The lowest BCUT2D eigenvalue weighted by Crippen LogP contribution is -2.57. The van der Waals surface area contributed by atoms with Crippen LogP contribution in [0.3, 0.4) is 0 Å². The largest absolute Gasteiger partial charge is 0.465 e. The number of carboxylic acid groups (broad SMARTS) is 1. The number of piperazine rings is 1. The van der Waals surface area contributed by atoms with Gasteiger partial charge in [-0.3, -0.25) is 14.4 Å². The number of carbonyl (C=O) groups is 4. The normalized spacial score (nSPS) is 14.6. The molecule has 0 radical (unpaired) electrons. The lowest BCUT2D eigenvalue weighted by Gasteiger charge is -2.40. The average molecular weight is 594 g/mol. The Balaban J connectivity index is 1.51. The SMILES string of the molecule is CC(=O)NCCC(=O)Nc1ccccc1-n1ccc(C(=O)N2CCN(C(=O)O)CC2Cc2ccccc2)c1-c1ccccc1. The lowest BCUT2D eigenvalue weighted by atomic mass is 10.00. The van der Waals surface area contributed by atoms with Crippen LogP contribution in [0.5, 0.6) is 0 Å². The van der Waals surface area contributed by atoms with Gasteiger partial charge in [-0.2, -0.15) is 0 Å². The number of amides is 4. The summed E-state index contributed by atoms with van der Waals surface area (Å²) >= 11 is 0. The fraction of sp³-hybridized carbons (Fsp3) is 0.235. The number of carbonyl (C=O) groups excluding carboxylic acids is 3. The van der Waals surface area contributed by atoms with Crippen LogP contribution < -0.4 is 10.6 Å². The summed E-state index contributed by atoms with van der Waals surface area (Å²) in [5.74, 6) is -0.646. The molecule has 1 saturated heterocycles. The van der Waals surface area contributed by atoms with E-state index in [2.05, 4.69) is 10.6 Å². The molecule has 0 bridgehead atoms. The Morgan fingerprint density at radius 2 is 1.55 bits per heavy atom. The van der Waals surface area contributed by atoms with Crippen LogP contribution in [0, 0.1) is 0 Å². The molecule has 1 atom stereocenters. The van der Waals surface area contributed by atoms with E-state index >= 15 is 0 Å². The number of aromatic nitrogens is 1. The smallest absolute Gasteiger partial charge is 0.407 e. The first kappa shape index (κ1) is 30.1.